The molecule has 1 aromatic heterocycles. The van der Waals surface area contributed by atoms with Crippen LogP contribution in [0.15, 0.2) is 60.9 Å². The van der Waals surface area contributed by atoms with Gasteiger partial charge in [0.15, 0.2) is 0 Å². The number of amides is 2. The summed E-state index contributed by atoms with van der Waals surface area (Å²) in [5, 5.41) is 5.70. The first kappa shape index (κ1) is 19.7. The Kier molecular flexibility index (Phi) is 5.79. The molecule has 0 aliphatic carbocycles. The molecular weight excluding hydrogens is 376 g/mol. The summed E-state index contributed by atoms with van der Waals surface area (Å²) in [6.07, 6.45) is 1.49. The average Bonchev–Trinajstić information content (AvgIpc) is 2.78. The topological polar surface area (TPSA) is 73.4 Å². The van der Waals surface area contributed by atoms with Crippen LogP contribution in [0.3, 0.4) is 0 Å². The van der Waals surface area contributed by atoms with Gasteiger partial charge >= 0.3 is 6.03 Å². The Morgan fingerprint density at radius 2 is 1.60 bits per heavy atom. The number of hydrogen-bond acceptors (Lipinski definition) is 5. The summed E-state index contributed by atoms with van der Waals surface area (Å²) in [5.41, 5.74) is 4.21. The molecule has 30 heavy (non-hydrogen) atoms. The first-order valence-electron chi connectivity index (χ1n) is 10.1. The normalized spacial score (nSPS) is 13.8. The van der Waals surface area contributed by atoms with Crippen molar-refractivity contribution in [3.8, 4) is 0 Å². The van der Waals surface area contributed by atoms with Crippen molar-refractivity contribution < 1.29 is 4.79 Å². The van der Waals surface area contributed by atoms with Gasteiger partial charge in [-0.3, -0.25) is 5.32 Å². The maximum Gasteiger partial charge on any atom is 0.324 e. The fourth-order valence-electron chi connectivity index (χ4n) is 3.58. The standard InChI is InChI=1S/C23H26N6O/c1-17-7-6-10-20(18(17)2)26-23(30)27-21-15-22(25-16-24-21)29-13-11-28(12-14-29)19-8-4-3-5-9-19/h3-10,15-16H,11-14H2,1-2H3,(H2,24,25,26,27,30). The summed E-state index contributed by atoms with van der Waals surface area (Å²) in [7, 11) is 0. The van der Waals surface area contributed by atoms with E-state index < -0.39 is 0 Å². The molecule has 3 aromatic rings. The molecule has 154 valence electrons. The summed E-state index contributed by atoms with van der Waals surface area (Å²) >= 11 is 0. The number of para-hydroxylation sites is 1. The van der Waals surface area contributed by atoms with Crippen LogP contribution in [-0.4, -0.2) is 42.2 Å². The number of nitrogens with one attached hydrogen (secondary N) is 2. The first-order valence-corrected chi connectivity index (χ1v) is 10.1. The second-order valence-electron chi connectivity index (χ2n) is 7.40. The summed E-state index contributed by atoms with van der Waals surface area (Å²) in [4.78, 5) is 25.6. The molecule has 2 aromatic carbocycles. The van der Waals surface area contributed by atoms with E-state index in [-0.39, 0.29) is 6.03 Å². The highest BCUT2D eigenvalue weighted by molar-refractivity contribution is 5.99. The van der Waals surface area contributed by atoms with E-state index in [2.05, 4.69) is 54.7 Å². The Labute approximate surface area is 176 Å². The van der Waals surface area contributed by atoms with Gasteiger partial charge in [0, 0.05) is 43.6 Å². The lowest BCUT2D eigenvalue weighted by atomic mass is 10.1. The molecule has 2 N–H and O–H groups in total. The number of benzene rings is 2. The number of nitrogens with zero attached hydrogens (tertiary/aromatic N) is 4. The molecule has 0 atom stereocenters. The molecule has 1 fully saturated rings. The lowest BCUT2D eigenvalue weighted by Crippen LogP contribution is -2.46. The van der Waals surface area contributed by atoms with E-state index in [1.54, 1.807) is 0 Å². The van der Waals surface area contributed by atoms with E-state index in [4.69, 9.17) is 0 Å². The molecular formula is C23H26N6O. The van der Waals surface area contributed by atoms with Crippen LogP contribution in [-0.2, 0) is 0 Å². The Hall–Kier alpha value is -3.61. The van der Waals surface area contributed by atoms with Crippen LogP contribution in [0.25, 0.3) is 0 Å². The first-order chi connectivity index (χ1) is 14.6. The number of carbonyl (C=O) groups is 1. The number of rotatable bonds is 4. The second-order valence-corrected chi connectivity index (χ2v) is 7.40. The molecule has 7 heteroatoms. The van der Waals surface area contributed by atoms with Gasteiger partial charge in [-0.15, -0.1) is 0 Å². The maximum atomic E-state index is 12.4. The molecule has 1 aliphatic rings. The third-order valence-corrected chi connectivity index (χ3v) is 5.47. The zero-order valence-corrected chi connectivity index (χ0v) is 17.3. The number of hydrogen-bond donors (Lipinski definition) is 2. The van der Waals surface area contributed by atoms with Crippen molar-refractivity contribution in [2.75, 3.05) is 46.6 Å². The van der Waals surface area contributed by atoms with Crippen LogP contribution in [0.2, 0.25) is 0 Å². The van der Waals surface area contributed by atoms with Gasteiger partial charge in [0.1, 0.15) is 18.0 Å². The molecule has 0 bridgehead atoms. The van der Waals surface area contributed by atoms with Crippen molar-refractivity contribution in [1.29, 1.82) is 0 Å². The van der Waals surface area contributed by atoms with Crippen molar-refractivity contribution in [3.05, 3.63) is 72.1 Å². The number of carbonyl (C=O) groups excluding carboxylic acids is 1. The molecule has 4 rings (SSSR count). The number of aryl methyl sites for hydroxylation is 1. The summed E-state index contributed by atoms with van der Waals surface area (Å²) in [6, 6.07) is 17.8. The Morgan fingerprint density at radius 1 is 0.867 bits per heavy atom. The van der Waals surface area contributed by atoms with Gasteiger partial charge in [-0.25, -0.2) is 14.8 Å². The molecule has 0 radical (unpaired) electrons. The zero-order chi connectivity index (χ0) is 20.9. The third kappa shape index (κ3) is 4.51. The molecule has 0 spiro atoms. The Balaban J connectivity index is 1.37. The lowest BCUT2D eigenvalue weighted by Gasteiger charge is -2.36. The van der Waals surface area contributed by atoms with Gasteiger partial charge in [0.25, 0.3) is 0 Å². The van der Waals surface area contributed by atoms with Crippen LogP contribution in [0.5, 0.6) is 0 Å². The minimum Gasteiger partial charge on any atom is -0.368 e. The van der Waals surface area contributed by atoms with Crippen molar-refractivity contribution >= 4 is 29.0 Å². The van der Waals surface area contributed by atoms with Crippen LogP contribution in [0, 0.1) is 13.8 Å². The molecule has 1 saturated heterocycles. The summed E-state index contributed by atoms with van der Waals surface area (Å²) < 4.78 is 0. The Bertz CT molecular complexity index is 1020. The number of piperazine rings is 1. The largest absolute Gasteiger partial charge is 0.368 e. The number of aromatic nitrogens is 2. The van der Waals surface area contributed by atoms with E-state index in [1.807, 2.05) is 44.2 Å². The maximum absolute atomic E-state index is 12.4. The SMILES string of the molecule is Cc1cccc(NC(=O)Nc2cc(N3CCN(c4ccccc4)CC3)ncn2)c1C. The van der Waals surface area contributed by atoms with Crippen molar-refractivity contribution in [3.63, 3.8) is 0 Å². The quantitative estimate of drug-likeness (QED) is 0.688. The molecule has 2 heterocycles. The monoisotopic (exact) mass is 402 g/mol. The lowest BCUT2D eigenvalue weighted by molar-refractivity contribution is 0.262. The van der Waals surface area contributed by atoms with E-state index >= 15 is 0 Å². The van der Waals surface area contributed by atoms with E-state index in [0.29, 0.717) is 5.82 Å². The van der Waals surface area contributed by atoms with Gasteiger partial charge < -0.3 is 15.1 Å². The minimum absolute atomic E-state index is 0.317. The van der Waals surface area contributed by atoms with E-state index in [1.165, 1.54) is 12.0 Å². The van der Waals surface area contributed by atoms with Gasteiger partial charge in [-0.2, -0.15) is 0 Å². The van der Waals surface area contributed by atoms with E-state index in [9.17, 15) is 4.79 Å². The summed E-state index contributed by atoms with van der Waals surface area (Å²) in [5.74, 6) is 1.30. The van der Waals surface area contributed by atoms with Gasteiger partial charge in [0.05, 0.1) is 0 Å². The second kappa shape index (κ2) is 8.82. The van der Waals surface area contributed by atoms with Crippen LogP contribution >= 0.6 is 0 Å². The highest BCUT2D eigenvalue weighted by atomic mass is 16.2. The fourth-order valence-corrected chi connectivity index (χ4v) is 3.58. The van der Waals surface area contributed by atoms with Crippen molar-refractivity contribution in [2.45, 2.75) is 13.8 Å². The zero-order valence-electron chi connectivity index (χ0n) is 17.3. The predicted octanol–water partition coefficient (Wildman–Crippen LogP) is 4.06. The van der Waals surface area contributed by atoms with Gasteiger partial charge in [-0.05, 0) is 43.2 Å². The van der Waals surface area contributed by atoms with Crippen LogP contribution in [0.1, 0.15) is 11.1 Å². The van der Waals surface area contributed by atoms with Gasteiger partial charge in [0.2, 0.25) is 0 Å². The highest BCUT2D eigenvalue weighted by Gasteiger charge is 2.19. The summed E-state index contributed by atoms with van der Waals surface area (Å²) in [6.45, 7) is 7.57. The minimum atomic E-state index is -0.317. The molecule has 0 saturated carbocycles. The van der Waals surface area contributed by atoms with Crippen molar-refractivity contribution in [1.82, 2.24) is 9.97 Å². The highest BCUT2D eigenvalue weighted by Crippen LogP contribution is 2.21. The Morgan fingerprint density at radius 3 is 2.37 bits per heavy atom. The molecule has 0 unspecified atom stereocenters. The molecule has 7 nitrogen and oxygen atoms in total. The number of anilines is 4. The number of urea groups is 1. The predicted molar refractivity (Wildman–Crippen MR) is 121 cm³/mol. The third-order valence-electron chi connectivity index (χ3n) is 5.47. The van der Waals surface area contributed by atoms with Gasteiger partial charge in [-0.1, -0.05) is 30.3 Å². The average molecular weight is 403 g/mol. The molecule has 1 aliphatic heterocycles. The van der Waals surface area contributed by atoms with E-state index in [0.717, 1.165) is 48.8 Å². The van der Waals surface area contributed by atoms with Crippen LogP contribution < -0.4 is 20.4 Å². The van der Waals surface area contributed by atoms with Crippen LogP contribution in [0.4, 0.5) is 27.8 Å². The smallest absolute Gasteiger partial charge is 0.324 e. The fraction of sp³-hybridized carbons (Fsp3) is 0.261. The van der Waals surface area contributed by atoms with Crippen molar-refractivity contribution in [2.24, 2.45) is 0 Å². The molecule has 2 amide bonds.